The molecule has 0 radical (unpaired) electrons. The van der Waals surface area contributed by atoms with Crippen molar-refractivity contribution >= 4 is 5.78 Å². The molecule has 0 unspecified atom stereocenters. The molecule has 4 saturated carbocycles. The fraction of sp³-hybridized carbons (Fsp3) is 0.964. The van der Waals surface area contributed by atoms with E-state index < -0.39 is 0 Å². The first kappa shape index (κ1) is 23.7. The summed E-state index contributed by atoms with van der Waals surface area (Å²) in [5.74, 6) is 4.46. The standard InChI is InChI=1S/C28H48O3/c1-16(2)18(4)25(30)13-17(3)21-7-8-22-20-15-26(31)24-14-19(29)9-11-28(24,6)23(20)10-12-27(21,22)5/h16-25,29-30H,7-15H2,1-6H3/t17-,18+,19+,20+,21-,22+,23+,24-,25+,27-,28-/m1/s1. The molecule has 0 heterocycles. The van der Waals surface area contributed by atoms with Crippen molar-refractivity contribution in [2.75, 3.05) is 0 Å². The summed E-state index contributed by atoms with van der Waals surface area (Å²) in [4.78, 5) is 13.3. The molecule has 4 rings (SSSR count). The predicted octanol–water partition coefficient (Wildman–Crippen LogP) is 5.86. The summed E-state index contributed by atoms with van der Waals surface area (Å²) in [6.07, 6.45) is 8.84. The molecule has 2 N–H and O–H groups in total. The minimum atomic E-state index is -0.274. The van der Waals surface area contributed by atoms with Gasteiger partial charge in [0.2, 0.25) is 0 Å². The third-order valence-corrected chi connectivity index (χ3v) is 11.5. The second kappa shape index (κ2) is 8.42. The summed E-state index contributed by atoms with van der Waals surface area (Å²) < 4.78 is 0. The lowest BCUT2D eigenvalue weighted by Gasteiger charge is -2.60. The molecule has 178 valence electrons. The van der Waals surface area contributed by atoms with Crippen LogP contribution in [0.2, 0.25) is 0 Å². The van der Waals surface area contributed by atoms with Crippen molar-refractivity contribution in [2.24, 2.45) is 58.2 Å². The molecule has 4 aliphatic rings. The van der Waals surface area contributed by atoms with Crippen molar-refractivity contribution in [3.63, 3.8) is 0 Å². The normalized spacial score (nSPS) is 48.0. The van der Waals surface area contributed by atoms with E-state index in [0.29, 0.717) is 59.0 Å². The van der Waals surface area contributed by atoms with Gasteiger partial charge in [0, 0.05) is 12.3 Å². The SMILES string of the molecule is CC(C)[C@H](C)[C@@H](O)C[C@@H](C)[C@H]1CC[C@H]2[C@@H]3CC(=O)[C@H]4C[C@@H](O)CC[C@]4(C)[C@H]3CC[C@]12C. The van der Waals surface area contributed by atoms with E-state index >= 15 is 0 Å². The summed E-state index contributed by atoms with van der Waals surface area (Å²) in [6, 6.07) is 0. The maximum absolute atomic E-state index is 13.3. The van der Waals surface area contributed by atoms with Crippen LogP contribution in [-0.2, 0) is 4.79 Å². The van der Waals surface area contributed by atoms with E-state index in [1.807, 2.05) is 0 Å². The van der Waals surface area contributed by atoms with Gasteiger partial charge in [-0.25, -0.2) is 0 Å². The Hall–Kier alpha value is -0.410. The molecule has 0 spiro atoms. The number of hydrogen-bond acceptors (Lipinski definition) is 3. The summed E-state index contributed by atoms with van der Waals surface area (Å²) in [6.45, 7) is 13.9. The zero-order chi connectivity index (χ0) is 22.7. The Labute approximate surface area is 190 Å². The maximum Gasteiger partial charge on any atom is 0.136 e. The molecule has 4 aliphatic carbocycles. The highest BCUT2D eigenvalue weighted by molar-refractivity contribution is 5.83. The number of rotatable bonds is 5. The first-order valence-electron chi connectivity index (χ1n) is 13.4. The molecule has 0 aliphatic heterocycles. The first-order valence-corrected chi connectivity index (χ1v) is 13.4. The zero-order valence-electron chi connectivity index (χ0n) is 20.9. The van der Waals surface area contributed by atoms with Crippen molar-refractivity contribution in [3.05, 3.63) is 0 Å². The fourth-order valence-electron chi connectivity index (χ4n) is 9.20. The molecule has 0 aromatic heterocycles. The van der Waals surface area contributed by atoms with E-state index in [4.69, 9.17) is 0 Å². The Kier molecular flexibility index (Phi) is 6.45. The van der Waals surface area contributed by atoms with Gasteiger partial charge in [-0.2, -0.15) is 0 Å². The van der Waals surface area contributed by atoms with Crippen molar-refractivity contribution in [1.82, 2.24) is 0 Å². The maximum atomic E-state index is 13.3. The third-order valence-electron chi connectivity index (χ3n) is 11.5. The van der Waals surface area contributed by atoms with E-state index in [2.05, 4.69) is 41.5 Å². The highest BCUT2D eigenvalue weighted by Gasteiger charge is 2.62. The van der Waals surface area contributed by atoms with Gasteiger partial charge in [0.1, 0.15) is 5.78 Å². The topological polar surface area (TPSA) is 57.5 Å². The minimum absolute atomic E-state index is 0.0886. The number of carbonyl (C=O) groups excluding carboxylic acids is 1. The minimum Gasteiger partial charge on any atom is -0.393 e. The zero-order valence-corrected chi connectivity index (χ0v) is 20.9. The van der Waals surface area contributed by atoms with Gasteiger partial charge in [-0.3, -0.25) is 4.79 Å². The van der Waals surface area contributed by atoms with Crippen LogP contribution in [0.4, 0.5) is 0 Å². The van der Waals surface area contributed by atoms with Crippen LogP contribution >= 0.6 is 0 Å². The van der Waals surface area contributed by atoms with Gasteiger partial charge in [-0.15, -0.1) is 0 Å². The summed E-state index contributed by atoms with van der Waals surface area (Å²) >= 11 is 0. The second-order valence-corrected chi connectivity index (χ2v) is 13.1. The van der Waals surface area contributed by atoms with Crippen molar-refractivity contribution in [1.29, 1.82) is 0 Å². The summed E-state index contributed by atoms with van der Waals surface area (Å²) in [5, 5.41) is 21.1. The lowest BCUT2D eigenvalue weighted by molar-refractivity contribution is -0.160. The first-order chi connectivity index (χ1) is 14.5. The van der Waals surface area contributed by atoms with Gasteiger partial charge >= 0.3 is 0 Å². The van der Waals surface area contributed by atoms with Crippen LogP contribution in [0.1, 0.15) is 99.3 Å². The van der Waals surface area contributed by atoms with Crippen LogP contribution in [0.3, 0.4) is 0 Å². The smallest absolute Gasteiger partial charge is 0.136 e. The van der Waals surface area contributed by atoms with Gasteiger partial charge in [-0.1, -0.05) is 41.5 Å². The number of Topliss-reactive ketones (excluding diaryl/α,β-unsaturated/α-hetero) is 1. The monoisotopic (exact) mass is 432 g/mol. The van der Waals surface area contributed by atoms with Crippen molar-refractivity contribution in [3.8, 4) is 0 Å². The highest BCUT2D eigenvalue weighted by Crippen LogP contribution is 2.67. The van der Waals surface area contributed by atoms with Crippen LogP contribution < -0.4 is 0 Å². The Bertz CT molecular complexity index is 673. The molecule has 0 aromatic rings. The lowest BCUT2D eigenvalue weighted by atomic mass is 9.44. The molecular weight excluding hydrogens is 384 g/mol. The summed E-state index contributed by atoms with van der Waals surface area (Å²) in [5.41, 5.74) is 0.423. The number of fused-ring (bicyclic) bond motifs is 5. The molecule has 4 fully saturated rings. The van der Waals surface area contributed by atoms with E-state index in [9.17, 15) is 15.0 Å². The molecule has 0 aromatic carbocycles. The van der Waals surface area contributed by atoms with Crippen LogP contribution in [0, 0.1) is 58.2 Å². The van der Waals surface area contributed by atoms with E-state index in [1.165, 1.54) is 25.7 Å². The van der Waals surface area contributed by atoms with Crippen LogP contribution in [-0.4, -0.2) is 28.2 Å². The van der Waals surface area contributed by atoms with E-state index in [1.54, 1.807) is 0 Å². The molecule has 0 amide bonds. The van der Waals surface area contributed by atoms with Crippen LogP contribution in [0.5, 0.6) is 0 Å². The largest absolute Gasteiger partial charge is 0.393 e. The Balaban J connectivity index is 1.51. The molecular formula is C28H48O3. The number of aliphatic hydroxyl groups excluding tert-OH is 2. The number of aliphatic hydroxyl groups is 2. The van der Waals surface area contributed by atoms with E-state index in [0.717, 1.165) is 25.7 Å². The molecule has 0 bridgehead atoms. The van der Waals surface area contributed by atoms with Crippen molar-refractivity contribution in [2.45, 2.75) is 112 Å². The van der Waals surface area contributed by atoms with Gasteiger partial charge in [0.05, 0.1) is 12.2 Å². The quantitative estimate of drug-likeness (QED) is 0.572. The molecule has 3 heteroatoms. The molecule has 31 heavy (non-hydrogen) atoms. The van der Waals surface area contributed by atoms with Gasteiger partial charge in [0.15, 0.2) is 0 Å². The van der Waals surface area contributed by atoms with Crippen LogP contribution in [0.25, 0.3) is 0 Å². The number of hydrogen-bond donors (Lipinski definition) is 2. The third kappa shape index (κ3) is 3.84. The summed E-state index contributed by atoms with van der Waals surface area (Å²) in [7, 11) is 0. The Morgan fingerprint density at radius 3 is 2.29 bits per heavy atom. The van der Waals surface area contributed by atoms with Gasteiger partial charge in [-0.05, 0) is 104 Å². The van der Waals surface area contributed by atoms with Crippen LogP contribution in [0.15, 0.2) is 0 Å². The molecule has 3 nitrogen and oxygen atoms in total. The Morgan fingerprint density at radius 1 is 0.968 bits per heavy atom. The lowest BCUT2D eigenvalue weighted by Crippen LogP contribution is -2.57. The molecule has 11 atom stereocenters. The average Bonchev–Trinajstić information content (AvgIpc) is 3.06. The molecule has 0 saturated heterocycles. The second-order valence-electron chi connectivity index (χ2n) is 13.1. The van der Waals surface area contributed by atoms with Gasteiger partial charge in [0.25, 0.3) is 0 Å². The fourth-order valence-corrected chi connectivity index (χ4v) is 9.20. The van der Waals surface area contributed by atoms with Gasteiger partial charge < -0.3 is 10.2 Å². The number of carbonyl (C=O) groups is 1. The predicted molar refractivity (Wildman–Crippen MR) is 125 cm³/mol. The Morgan fingerprint density at radius 2 is 1.61 bits per heavy atom. The average molecular weight is 433 g/mol. The van der Waals surface area contributed by atoms with Crippen molar-refractivity contribution < 1.29 is 15.0 Å². The number of ketones is 1. The van der Waals surface area contributed by atoms with E-state index in [-0.39, 0.29) is 23.5 Å². The highest BCUT2D eigenvalue weighted by atomic mass is 16.3.